The van der Waals surface area contributed by atoms with E-state index in [0.717, 1.165) is 62.4 Å². The molecule has 1 N–H and O–H groups in total. The van der Waals surface area contributed by atoms with Crippen molar-refractivity contribution >= 4 is 17.5 Å². The van der Waals surface area contributed by atoms with E-state index in [9.17, 15) is 4.79 Å². The molecule has 3 atom stereocenters. The Morgan fingerprint density at radius 3 is 2.80 bits per heavy atom. The summed E-state index contributed by atoms with van der Waals surface area (Å²) in [6.07, 6.45) is 7.87. The van der Waals surface area contributed by atoms with Crippen molar-refractivity contribution < 1.29 is 9.53 Å². The molecule has 2 fully saturated rings. The molecule has 2 aliphatic heterocycles. The van der Waals surface area contributed by atoms with Gasteiger partial charge in [0.1, 0.15) is 5.75 Å². The summed E-state index contributed by atoms with van der Waals surface area (Å²) in [7, 11) is 1.66. The monoisotopic (exact) mass is 362 g/mol. The van der Waals surface area contributed by atoms with Crippen molar-refractivity contribution in [2.45, 2.75) is 51.0 Å². The number of nitrogens with one attached hydrogen (secondary N) is 1. The first kappa shape index (κ1) is 17.2. The lowest BCUT2D eigenvalue weighted by Crippen LogP contribution is -2.53. The molecule has 0 radical (unpaired) electrons. The number of carbonyl (C=O) groups excluding carboxylic acids is 1. The molecule has 4 nitrogen and oxygen atoms in total. The van der Waals surface area contributed by atoms with Crippen LogP contribution in [0, 0.1) is 5.92 Å². The van der Waals surface area contributed by atoms with Gasteiger partial charge in [-0.25, -0.2) is 0 Å². The standard InChI is InChI=1S/C20H27ClN2O2/c1-25-19-16-7-3-2-6-15(16)18(21)10-17(19)20(24)22-14-9-13-5-4-8-23(11-13)12-14/h10,13-14H,2-9,11-12H2,1H3,(H,22,24). The van der Waals surface area contributed by atoms with E-state index in [1.54, 1.807) is 7.11 Å². The van der Waals surface area contributed by atoms with Crippen molar-refractivity contribution in [2.75, 3.05) is 26.7 Å². The van der Waals surface area contributed by atoms with E-state index in [-0.39, 0.29) is 11.9 Å². The normalized spacial score (nSPS) is 28.2. The van der Waals surface area contributed by atoms with Crippen molar-refractivity contribution in [3.8, 4) is 5.75 Å². The fourth-order valence-corrected chi connectivity index (χ4v) is 5.25. The topological polar surface area (TPSA) is 41.6 Å². The zero-order valence-electron chi connectivity index (χ0n) is 14.9. The molecule has 0 saturated carbocycles. The molecule has 136 valence electrons. The predicted octanol–water partition coefficient (Wildman–Crippen LogP) is 3.44. The Labute approximate surface area is 154 Å². The summed E-state index contributed by atoms with van der Waals surface area (Å²) in [5, 5.41) is 3.97. The fourth-order valence-electron chi connectivity index (χ4n) is 4.93. The second-order valence-electron chi connectivity index (χ2n) is 7.78. The van der Waals surface area contributed by atoms with Gasteiger partial charge in [0, 0.05) is 24.2 Å². The van der Waals surface area contributed by atoms with Crippen molar-refractivity contribution in [3.05, 3.63) is 27.8 Å². The summed E-state index contributed by atoms with van der Waals surface area (Å²) in [5.74, 6) is 1.41. The smallest absolute Gasteiger partial charge is 0.255 e. The highest BCUT2D eigenvalue weighted by molar-refractivity contribution is 6.32. The number of benzene rings is 1. The van der Waals surface area contributed by atoms with Gasteiger partial charge in [0.05, 0.1) is 12.7 Å². The average molecular weight is 363 g/mol. The number of rotatable bonds is 3. The van der Waals surface area contributed by atoms with Gasteiger partial charge in [-0.05, 0) is 74.6 Å². The third-order valence-electron chi connectivity index (χ3n) is 6.03. The number of hydrogen-bond acceptors (Lipinski definition) is 3. The number of hydrogen-bond donors (Lipinski definition) is 1. The van der Waals surface area contributed by atoms with Crippen LogP contribution in [0.1, 0.15) is 53.6 Å². The van der Waals surface area contributed by atoms with Crippen molar-refractivity contribution in [1.82, 2.24) is 10.2 Å². The molecule has 0 spiro atoms. The third kappa shape index (κ3) is 3.39. The Bertz CT molecular complexity index is 664. The number of ether oxygens (including phenoxy) is 1. The first-order chi connectivity index (χ1) is 12.2. The summed E-state index contributed by atoms with van der Waals surface area (Å²) in [4.78, 5) is 15.5. The number of halogens is 1. The highest BCUT2D eigenvalue weighted by Crippen LogP contribution is 2.38. The van der Waals surface area contributed by atoms with E-state index in [4.69, 9.17) is 16.3 Å². The minimum absolute atomic E-state index is 0.0432. The first-order valence-electron chi connectivity index (χ1n) is 9.57. The van der Waals surface area contributed by atoms with E-state index in [0.29, 0.717) is 10.6 Å². The zero-order valence-corrected chi connectivity index (χ0v) is 15.7. The molecular weight excluding hydrogens is 336 g/mol. The quantitative estimate of drug-likeness (QED) is 0.895. The number of nitrogens with zero attached hydrogens (tertiary/aromatic N) is 1. The number of fused-ring (bicyclic) bond motifs is 3. The Morgan fingerprint density at radius 1 is 1.24 bits per heavy atom. The molecule has 5 heteroatoms. The molecule has 2 heterocycles. The third-order valence-corrected chi connectivity index (χ3v) is 6.37. The highest BCUT2D eigenvalue weighted by atomic mass is 35.5. The summed E-state index contributed by atoms with van der Waals surface area (Å²) in [6.45, 7) is 3.32. The van der Waals surface area contributed by atoms with Gasteiger partial charge in [0.15, 0.2) is 0 Å². The Hall–Kier alpha value is -1.26. The maximum absolute atomic E-state index is 13.0. The number of methoxy groups -OCH3 is 1. The van der Waals surface area contributed by atoms with Crippen LogP contribution < -0.4 is 10.1 Å². The minimum Gasteiger partial charge on any atom is -0.496 e. The predicted molar refractivity (Wildman–Crippen MR) is 99.7 cm³/mol. The van der Waals surface area contributed by atoms with E-state index >= 15 is 0 Å². The maximum atomic E-state index is 13.0. The van der Waals surface area contributed by atoms with Crippen LogP contribution >= 0.6 is 11.6 Å². The van der Waals surface area contributed by atoms with Crippen molar-refractivity contribution in [1.29, 1.82) is 0 Å². The molecule has 0 aromatic heterocycles. The van der Waals surface area contributed by atoms with Gasteiger partial charge in [0.2, 0.25) is 0 Å². The van der Waals surface area contributed by atoms with Gasteiger partial charge in [-0.2, -0.15) is 0 Å². The molecule has 1 amide bonds. The molecule has 3 unspecified atom stereocenters. The van der Waals surface area contributed by atoms with Gasteiger partial charge in [0.25, 0.3) is 5.91 Å². The van der Waals surface area contributed by atoms with Crippen molar-refractivity contribution in [2.24, 2.45) is 5.92 Å². The van der Waals surface area contributed by atoms with E-state index in [1.807, 2.05) is 6.07 Å². The largest absolute Gasteiger partial charge is 0.496 e. The van der Waals surface area contributed by atoms with Crippen LogP contribution in [0.25, 0.3) is 0 Å². The highest BCUT2D eigenvalue weighted by Gasteiger charge is 2.32. The summed E-state index contributed by atoms with van der Waals surface area (Å²) in [6, 6.07) is 2.04. The number of carbonyl (C=O) groups is 1. The SMILES string of the molecule is COc1c(C(=O)NC2CC3CCCN(C3)C2)cc(Cl)c2c1CCCC2. The maximum Gasteiger partial charge on any atom is 0.255 e. The average Bonchev–Trinajstić information content (AvgIpc) is 2.61. The Kier molecular flexibility index (Phi) is 4.92. The van der Waals surface area contributed by atoms with Crippen LogP contribution in [0.2, 0.25) is 5.02 Å². The zero-order chi connectivity index (χ0) is 17.4. The number of piperidine rings is 2. The van der Waals surface area contributed by atoms with Gasteiger partial charge >= 0.3 is 0 Å². The first-order valence-corrected chi connectivity index (χ1v) is 9.95. The molecule has 1 aromatic carbocycles. The van der Waals surface area contributed by atoms with Crippen LogP contribution in [-0.2, 0) is 12.8 Å². The van der Waals surface area contributed by atoms with Crippen LogP contribution in [0.3, 0.4) is 0 Å². The molecular formula is C20H27ClN2O2. The summed E-state index contributed by atoms with van der Waals surface area (Å²) in [5.41, 5.74) is 2.90. The lowest BCUT2D eigenvalue weighted by molar-refractivity contribution is 0.0775. The Balaban J connectivity index is 1.56. The molecule has 25 heavy (non-hydrogen) atoms. The van der Waals surface area contributed by atoms with E-state index in [1.165, 1.54) is 24.9 Å². The van der Waals surface area contributed by atoms with Gasteiger partial charge in [-0.15, -0.1) is 0 Å². The molecule has 2 bridgehead atoms. The van der Waals surface area contributed by atoms with Gasteiger partial charge < -0.3 is 15.0 Å². The second-order valence-corrected chi connectivity index (χ2v) is 8.18. The van der Waals surface area contributed by atoms with Gasteiger partial charge in [-0.1, -0.05) is 11.6 Å². The molecule has 3 aliphatic rings. The molecule has 2 saturated heterocycles. The van der Waals surface area contributed by atoms with Gasteiger partial charge in [-0.3, -0.25) is 4.79 Å². The molecule has 1 aromatic rings. The number of amides is 1. The van der Waals surface area contributed by atoms with Crippen LogP contribution in [0.5, 0.6) is 5.75 Å². The lowest BCUT2D eigenvalue weighted by Gasteiger charge is -2.41. The Morgan fingerprint density at radius 2 is 2.04 bits per heavy atom. The lowest BCUT2D eigenvalue weighted by atomic mass is 9.86. The second kappa shape index (κ2) is 7.16. The van der Waals surface area contributed by atoms with Crippen LogP contribution in [0.15, 0.2) is 6.07 Å². The summed E-state index contributed by atoms with van der Waals surface area (Å²) >= 11 is 6.50. The van der Waals surface area contributed by atoms with E-state index in [2.05, 4.69) is 10.2 Å². The summed E-state index contributed by atoms with van der Waals surface area (Å²) < 4.78 is 5.65. The van der Waals surface area contributed by atoms with Crippen LogP contribution in [-0.4, -0.2) is 43.6 Å². The fraction of sp³-hybridized carbons (Fsp3) is 0.650. The van der Waals surface area contributed by atoms with E-state index < -0.39 is 0 Å². The van der Waals surface area contributed by atoms with Crippen molar-refractivity contribution in [3.63, 3.8) is 0 Å². The molecule has 4 rings (SSSR count). The molecule has 1 aliphatic carbocycles. The minimum atomic E-state index is -0.0432. The van der Waals surface area contributed by atoms with Crippen LogP contribution in [0.4, 0.5) is 0 Å².